The second-order valence-electron chi connectivity index (χ2n) is 7.64. The van der Waals surface area contributed by atoms with Crippen LogP contribution >= 0.6 is 0 Å². The third-order valence-electron chi connectivity index (χ3n) is 6.07. The summed E-state index contributed by atoms with van der Waals surface area (Å²) in [5, 5.41) is 7.70. The first-order valence-electron chi connectivity index (χ1n) is 9.44. The van der Waals surface area contributed by atoms with Crippen molar-refractivity contribution in [1.29, 1.82) is 0 Å². The van der Waals surface area contributed by atoms with Crippen molar-refractivity contribution < 1.29 is 4.79 Å². The van der Waals surface area contributed by atoms with Crippen LogP contribution in [0.2, 0.25) is 0 Å². The van der Waals surface area contributed by atoms with E-state index in [0.29, 0.717) is 11.9 Å². The molecule has 0 spiro atoms. The summed E-state index contributed by atoms with van der Waals surface area (Å²) in [5.74, 6) is 0.669. The summed E-state index contributed by atoms with van der Waals surface area (Å²) in [6.07, 6.45) is 9.12. The van der Waals surface area contributed by atoms with E-state index in [1.165, 1.54) is 37.9 Å². The van der Waals surface area contributed by atoms with Gasteiger partial charge in [0, 0.05) is 51.4 Å². The van der Waals surface area contributed by atoms with Crippen LogP contribution in [0.4, 0.5) is 0 Å². The lowest BCUT2D eigenvalue weighted by Gasteiger charge is -2.32. The van der Waals surface area contributed by atoms with E-state index < -0.39 is 0 Å². The molecule has 0 bridgehead atoms. The molecule has 1 unspecified atom stereocenters. The highest BCUT2D eigenvalue weighted by molar-refractivity contribution is 5.81. The first-order chi connectivity index (χ1) is 11.7. The fraction of sp³-hybridized carbons (Fsp3) is 0.778. The number of piperidine rings is 1. The molecule has 3 fully saturated rings. The van der Waals surface area contributed by atoms with Crippen molar-refractivity contribution in [2.75, 3.05) is 39.3 Å². The van der Waals surface area contributed by atoms with Crippen LogP contribution in [0.1, 0.15) is 37.2 Å². The molecule has 4 heterocycles. The fourth-order valence-corrected chi connectivity index (χ4v) is 4.68. The number of nitrogens with zero attached hydrogens (tertiary/aromatic N) is 4. The van der Waals surface area contributed by atoms with Gasteiger partial charge in [-0.3, -0.25) is 14.4 Å². The van der Waals surface area contributed by atoms with E-state index in [1.54, 1.807) is 0 Å². The zero-order valence-corrected chi connectivity index (χ0v) is 14.7. The van der Waals surface area contributed by atoms with Gasteiger partial charge in [-0.25, -0.2) is 0 Å². The van der Waals surface area contributed by atoms with Crippen LogP contribution in [0.3, 0.4) is 0 Å². The molecule has 3 aliphatic rings. The van der Waals surface area contributed by atoms with Crippen molar-refractivity contribution in [3.63, 3.8) is 0 Å². The van der Waals surface area contributed by atoms with Crippen LogP contribution in [-0.4, -0.2) is 70.8 Å². The normalized spacial score (nSPS) is 31.7. The van der Waals surface area contributed by atoms with Gasteiger partial charge in [0.25, 0.3) is 0 Å². The third kappa shape index (κ3) is 3.09. The van der Waals surface area contributed by atoms with Crippen molar-refractivity contribution in [2.45, 2.75) is 37.6 Å². The lowest BCUT2D eigenvalue weighted by molar-refractivity contribution is -0.134. The number of rotatable bonds is 3. The van der Waals surface area contributed by atoms with Gasteiger partial charge in [0.15, 0.2) is 0 Å². The first kappa shape index (κ1) is 16.1. The molecule has 6 heteroatoms. The predicted octanol–water partition coefficient (Wildman–Crippen LogP) is 0.810. The molecule has 24 heavy (non-hydrogen) atoms. The van der Waals surface area contributed by atoms with Gasteiger partial charge in [-0.2, -0.15) is 5.10 Å². The minimum absolute atomic E-state index is 0.0642. The van der Waals surface area contributed by atoms with Gasteiger partial charge < -0.3 is 10.2 Å². The van der Waals surface area contributed by atoms with E-state index in [9.17, 15) is 4.79 Å². The molecule has 3 aliphatic heterocycles. The lowest BCUT2D eigenvalue weighted by Crippen LogP contribution is -2.43. The van der Waals surface area contributed by atoms with E-state index in [0.717, 1.165) is 32.6 Å². The maximum absolute atomic E-state index is 13.1. The van der Waals surface area contributed by atoms with Gasteiger partial charge in [0.05, 0.1) is 12.1 Å². The highest BCUT2D eigenvalue weighted by atomic mass is 16.2. The summed E-state index contributed by atoms with van der Waals surface area (Å²) < 4.78 is 1.83. The minimum atomic E-state index is 0.0642. The zero-order chi connectivity index (χ0) is 16.5. The Hall–Kier alpha value is -1.40. The molecule has 4 rings (SSSR count). The van der Waals surface area contributed by atoms with Crippen molar-refractivity contribution in [3.8, 4) is 0 Å². The Morgan fingerprint density at radius 1 is 1.21 bits per heavy atom. The molecule has 6 nitrogen and oxygen atoms in total. The molecule has 0 radical (unpaired) electrons. The molecule has 0 aliphatic carbocycles. The van der Waals surface area contributed by atoms with E-state index in [4.69, 9.17) is 0 Å². The molecule has 1 aromatic heterocycles. The van der Waals surface area contributed by atoms with Crippen molar-refractivity contribution in [3.05, 3.63) is 18.0 Å². The number of hydrogen-bond acceptors (Lipinski definition) is 4. The lowest BCUT2D eigenvalue weighted by atomic mass is 9.90. The van der Waals surface area contributed by atoms with Crippen LogP contribution in [0.5, 0.6) is 0 Å². The van der Waals surface area contributed by atoms with Gasteiger partial charge in [-0.15, -0.1) is 0 Å². The molecule has 0 saturated carbocycles. The summed E-state index contributed by atoms with van der Waals surface area (Å²) in [6, 6.07) is 0.584. The average Bonchev–Trinajstić information content (AvgIpc) is 3.35. The highest BCUT2D eigenvalue weighted by Crippen LogP contribution is 2.31. The largest absolute Gasteiger partial charge is 0.341 e. The van der Waals surface area contributed by atoms with Gasteiger partial charge in [-0.05, 0) is 37.9 Å². The summed E-state index contributed by atoms with van der Waals surface area (Å²) >= 11 is 0. The van der Waals surface area contributed by atoms with Crippen LogP contribution in [0.25, 0.3) is 0 Å². The fourth-order valence-electron chi connectivity index (χ4n) is 4.68. The number of likely N-dealkylation sites (tertiary alicyclic amines) is 2. The van der Waals surface area contributed by atoms with Crippen molar-refractivity contribution in [2.24, 2.45) is 13.0 Å². The van der Waals surface area contributed by atoms with Crippen LogP contribution in [0.15, 0.2) is 12.4 Å². The van der Waals surface area contributed by atoms with Crippen molar-refractivity contribution in [1.82, 2.24) is 24.9 Å². The smallest absolute Gasteiger partial charge is 0.227 e. The molecule has 0 aromatic carbocycles. The molecule has 1 amide bonds. The molecule has 3 saturated heterocycles. The SMILES string of the molecule is Cn1cc([C@H]2CNC[C@@H]2C(=O)N2CCC(N3CCCCC3)C2)cn1. The monoisotopic (exact) mass is 331 g/mol. The Morgan fingerprint density at radius 3 is 2.79 bits per heavy atom. The minimum Gasteiger partial charge on any atom is -0.341 e. The van der Waals surface area contributed by atoms with Gasteiger partial charge in [0.2, 0.25) is 5.91 Å². The number of aryl methyl sites for hydroxylation is 1. The maximum Gasteiger partial charge on any atom is 0.227 e. The Balaban J connectivity index is 1.40. The topological polar surface area (TPSA) is 53.4 Å². The number of carbonyl (C=O) groups is 1. The van der Waals surface area contributed by atoms with E-state index in [2.05, 4.69) is 26.4 Å². The third-order valence-corrected chi connectivity index (χ3v) is 6.07. The highest BCUT2D eigenvalue weighted by Gasteiger charge is 2.40. The standard InChI is InChI=1S/C18H29N5O/c1-21-12-14(9-20-21)16-10-19-11-17(16)18(24)23-8-5-15(13-23)22-6-3-2-4-7-22/h9,12,15-17,19H,2-8,10-11,13H2,1H3/t15?,16-,17+/m1/s1. The molecule has 3 atom stereocenters. The van der Waals surface area contributed by atoms with Crippen LogP contribution in [0, 0.1) is 5.92 Å². The van der Waals surface area contributed by atoms with E-state index in [1.807, 2.05) is 17.9 Å². The van der Waals surface area contributed by atoms with E-state index >= 15 is 0 Å². The Kier molecular flexibility index (Phi) is 4.59. The number of aromatic nitrogens is 2. The van der Waals surface area contributed by atoms with Crippen LogP contribution < -0.4 is 5.32 Å². The Morgan fingerprint density at radius 2 is 2.04 bits per heavy atom. The first-order valence-corrected chi connectivity index (χ1v) is 9.44. The summed E-state index contributed by atoms with van der Waals surface area (Å²) in [7, 11) is 1.94. The average molecular weight is 331 g/mol. The molecule has 1 N–H and O–H groups in total. The summed E-state index contributed by atoms with van der Waals surface area (Å²) in [6.45, 7) is 5.96. The zero-order valence-electron chi connectivity index (χ0n) is 14.7. The summed E-state index contributed by atoms with van der Waals surface area (Å²) in [5.41, 5.74) is 1.19. The molecular formula is C18H29N5O. The molecular weight excluding hydrogens is 302 g/mol. The second kappa shape index (κ2) is 6.84. The number of carbonyl (C=O) groups excluding carboxylic acids is 1. The Bertz CT molecular complexity index is 580. The molecule has 1 aromatic rings. The van der Waals surface area contributed by atoms with Gasteiger partial charge >= 0.3 is 0 Å². The quantitative estimate of drug-likeness (QED) is 0.891. The van der Waals surface area contributed by atoms with Crippen molar-refractivity contribution >= 4 is 5.91 Å². The summed E-state index contributed by atoms with van der Waals surface area (Å²) in [4.78, 5) is 17.8. The predicted molar refractivity (Wildman–Crippen MR) is 92.7 cm³/mol. The van der Waals surface area contributed by atoms with E-state index in [-0.39, 0.29) is 11.8 Å². The second-order valence-corrected chi connectivity index (χ2v) is 7.64. The molecule has 132 valence electrons. The van der Waals surface area contributed by atoms with Crippen LogP contribution in [-0.2, 0) is 11.8 Å². The number of amides is 1. The number of nitrogens with one attached hydrogen (secondary N) is 1. The van der Waals surface area contributed by atoms with Gasteiger partial charge in [-0.1, -0.05) is 6.42 Å². The number of hydrogen-bond donors (Lipinski definition) is 1. The maximum atomic E-state index is 13.1. The Labute approximate surface area is 144 Å². The van der Waals surface area contributed by atoms with Gasteiger partial charge in [0.1, 0.15) is 0 Å².